The Hall–Kier alpha value is -1.58. The van der Waals surface area contributed by atoms with Gasteiger partial charge in [-0.3, -0.25) is 4.79 Å². The summed E-state index contributed by atoms with van der Waals surface area (Å²) in [6, 6.07) is 10.7. The molecule has 98 valence electrons. The van der Waals surface area contributed by atoms with Gasteiger partial charge in [0.15, 0.2) is 6.61 Å². The molecule has 0 N–H and O–H groups in total. The SMILES string of the molecule is O=C(COc1ccc(Cl)c(F)c1)c1ccccc1Cl. The molecule has 0 aliphatic rings. The van der Waals surface area contributed by atoms with Crippen molar-refractivity contribution in [2.75, 3.05) is 6.61 Å². The number of halogens is 3. The van der Waals surface area contributed by atoms with Crippen LogP contribution in [0, 0.1) is 5.82 Å². The van der Waals surface area contributed by atoms with E-state index in [0.717, 1.165) is 6.07 Å². The first-order chi connectivity index (χ1) is 9.08. The molecule has 0 atom stereocenters. The van der Waals surface area contributed by atoms with Crippen LogP contribution < -0.4 is 4.74 Å². The summed E-state index contributed by atoms with van der Waals surface area (Å²) in [6.45, 7) is -0.217. The van der Waals surface area contributed by atoms with Crippen molar-refractivity contribution in [2.45, 2.75) is 0 Å². The molecular weight excluding hydrogens is 290 g/mol. The highest BCUT2D eigenvalue weighted by molar-refractivity contribution is 6.34. The lowest BCUT2D eigenvalue weighted by Crippen LogP contribution is -2.12. The van der Waals surface area contributed by atoms with E-state index in [4.69, 9.17) is 27.9 Å². The first-order valence-corrected chi connectivity index (χ1v) is 6.19. The molecule has 0 aromatic heterocycles. The van der Waals surface area contributed by atoms with Gasteiger partial charge in [0.05, 0.1) is 10.0 Å². The van der Waals surface area contributed by atoms with Gasteiger partial charge in [-0.05, 0) is 24.3 Å². The van der Waals surface area contributed by atoms with Gasteiger partial charge in [-0.2, -0.15) is 0 Å². The predicted octanol–water partition coefficient (Wildman–Crippen LogP) is 4.39. The van der Waals surface area contributed by atoms with Gasteiger partial charge in [0.25, 0.3) is 0 Å². The number of carbonyl (C=O) groups is 1. The van der Waals surface area contributed by atoms with Crippen LogP contribution in [0.1, 0.15) is 10.4 Å². The Bertz CT molecular complexity index is 614. The number of Topliss-reactive ketones (excluding diaryl/α,β-unsaturated/α-hetero) is 1. The third-order valence-corrected chi connectivity index (χ3v) is 3.07. The van der Waals surface area contributed by atoms with Gasteiger partial charge in [-0.1, -0.05) is 35.3 Å². The van der Waals surface area contributed by atoms with E-state index < -0.39 is 5.82 Å². The highest BCUT2D eigenvalue weighted by atomic mass is 35.5. The maximum absolute atomic E-state index is 13.2. The second kappa shape index (κ2) is 6.04. The molecule has 0 saturated carbocycles. The van der Waals surface area contributed by atoms with Crippen LogP contribution in [-0.4, -0.2) is 12.4 Å². The zero-order valence-electron chi connectivity index (χ0n) is 9.70. The van der Waals surface area contributed by atoms with Crippen molar-refractivity contribution < 1.29 is 13.9 Å². The Labute approximate surface area is 119 Å². The molecule has 0 unspecified atom stereocenters. The quantitative estimate of drug-likeness (QED) is 0.782. The van der Waals surface area contributed by atoms with Gasteiger partial charge in [0, 0.05) is 11.6 Å². The summed E-state index contributed by atoms with van der Waals surface area (Å²) in [4.78, 5) is 11.9. The van der Waals surface area contributed by atoms with E-state index in [1.54, 1.807) is 24.3 Å². The molecule has 0 aliphatic heterocycles. The van der Waals surface area contributed by atoms with Crippen molar-refractivity contribution in [1.29, 1.82) is 0 Å². The molecule has 0 amide bonds. The van der Waals surface area contributed by atoms with Crippen LogP contribution in [0.2, 0.25) is 10.0 Å². The number of benzene rings is 2. The van der Waals surface area contributed by atoms with Gasteiger partial charge in [-0.15, -0.1) is 0 Å². The third kappa shape index (κ3) is 3.46. The average Bonchev–Trinajstić information content (AvgIpc) is 2.40. The maximum atomic E-state index is 13.2. The number of ketones is 1. The number of rotatable bonds is 4. The number of carbonyl (C=O) groups excluding carboxylic acids is 1. The predicted molar refractivity (Wildman–Crippen MR) is 72.7 cm³/mol. The number of ether oxygens (including phenoxy) is 1. The lowest BCUT2D eigenvalue weighted by atomic mass is 10.1. The lowest BCUT2D eigenvalue weighted by Gasteiger charge is -2.07. The molecule has 0 aliphatic carbocycles. The van der Waals surface area contributed by atoms with Crippen molar-refractivity contribution in [3.05, 3.63) is 63.9 Å². The van der Waals surface area contributed by atoms with Gasteiger partial charge >= 0.3 is 0 Å². The number of hydrogen-bond acceptors (Lipinski definition) is 2. The van der Waals surface area contributed by atoms with Crippen molar-refractivity contribution in [3.8, 4) is 5.75 Å². The number of hydrogen-bond donors (Lipinski definition) is 0. The van der Waals surface area contributed by atoms with Crippen LogP contribution in [0.4, 0.5) is 4.39 Å². The molecule has 0 saturated heterocycles. The molecule has 2 nitrogen and oxygen atoms in total. The van der Waals surface area contributed by atoms with Gasteiger partial charge in [-0.25, -0.2) is 4.39 Å². The fourth-order valence-corrected chi connectivity index (χ4v) is 1.84. The van der Waals surface area contributed by atoms with E-state index in [1.807, 2.05) is 0 Å². The fourth-order valence-electron chi connectivity index (χ4n) is 1.48. The summed E-state index contributed by atoms with van der Waals surface area (Å²) in [6.07, 6.45) is 0. The molecule has 0 spiro atoms. The minimum absolute atomic E-state index is 0.00443. The second-order valence-corrected chi connectivity index (χ2v) is 4.58. The van der Waals surface area contributed by atoms with E-state index in [1.165, 1.54) is 12.1 Å². The molecular formula is C14H9Cl2FO2. The Kier molecular flexibility index (Phi) is 4.40. The highest BCUT2D eigenvalue weighted by Gasteiger charge is 2.11. The monoisotopic (exact) mass is 298 g/mol. The smallest absolute Gasteiger partial charge is 0.201 e. The highest BCUT2D eigenvalue weighted by Crippen LogP contribution is 2.21. The molecule has 0 radical (unpaired) electrons. The first-order valence-electron chi connectivity index (χ1n) is 5.43. The second-order valence-electron chi connectivity index (χ2n) is 3.77. The zero-order chi connectivity index (χ0) is 13.8. The van der Waals surface area contributed by atoms with Gasteiger partial charge in [0.1, 0.15) is 11.6 Å². The van der Waals surface area contributed by atoms with Crippen molar-refractivity contribution in [2.24, 2.45) is 0 Å². The summed E-state index contributed by atoms with van der Waals surface area (Å²) in [5.41, 5.74) is 0.374. The van der Waals surface area contributed by atoms with Crippen LogP contribution in [0.25, 0.3) is 0 Å². The molecule has 0 heterocycles. The van der Waals surface area contributed by atoms with E-state index in [0.29, 0.717) is 10.6 Å². The first kappa shape index (κ1) is 13.8. The van der Waals surface area contributed by atoms with E-state index >= 15 is 0 Å². The standard InChI is InChI=1S/C14H9Cl2FO2/c15-11-4-2-1-3-10(11)14(18)8-19-9-5-6-12(16)13(17)7-9/h1-7H,8H2. The van der Waals surface area contributed by atoms with E-state index in [2.05, 4.69) is 0 Å². The maximum Gasteiger partial charge on any atom is 0.201 e. The van der Waals surface area contributed by atoms with Crippen LogP contribution >= 0.6 is 23.2 Å². The Morgan fingerprint density at radius 2 is 1.84 bits per heavy atom. The van der Waals surface area contributed by atoms with Crippen molar-refractivity contribution in [1.82, 2.24) is 0 Å². The fraction of sp³-hybridized carbons (Fsp3) is 0.0714. The summed E-state index contributed by atoms with van der Waals surface area (Å²) in [5, 5.41) is 0.364. The third-order valence-electron chi connectivity index (χ3n) is 2.44. The zero-order valence-corrected chi connectivity index (χ0v) is 11.2. The summed E-state index contributed by atoms with van der Waals surface area (Å²) in [7, 11) is 0. The van der Waals surface area contributed by atoms with Crippen LogP contribution in [0.3, 0.4) is 0 Å². The molecule has 2 rings (SSSR count). The Morgan fingerprint density at radius 3 is 2.53 bits per heavy atom. The van der Waals surface area contributed by atoms with Gasteiger partial charge in [0.2, 0.25) is 5.78 Å². The minimum Gasteiger partial charge on any atom is -0.485 e. The van der Waals surface area contributed by atoms with Crippen LogP contribution in [0.5, 0.6) is 5.75 Å². The molecule has 0 fully saturated rings. The van der Waals surface area contributed by atoms with E-state index in [9.17, 15) is 9.18 Å². The van der Waals surface area contributed by atoms with Gasteiger partial charge < -0.3 is 4.74 Å². The Balaban J connectivity index is 2.04. The molecule has 5 heteroatoms. The van der Waals surface area contributed by atoms with Crippen LogP contribution in [-0.2, 0) is 0 Å². The van der Waals surface area contributed by atoms with Crippen molar-refractivity contribution >= 4 is 29.0 Å². The van der Waals surface area contributed by atoms with Crippen molar-refractivity contribution in [3.63, 3.8) is 0 Å². The normalized spacial score (nSPS) is 10.3. The largest absolute Gasteiger partial charge is 0.485 e. The molecule has 2 aromatic carbocycles. The average molecular weight is 299 g/mol. The lowest BCUT2D eigenvalue weighted by molar-refractivity contribution is 0.0921. The Morgan fingerprint density at radius 1 is 1.11 bits per heavy atom. The van der Waals surface area contributed by atoms with E-state index in [-0.39, 0.29) is 23.2 Å². The summed E-state index contributed by atoms with van der Waals surface area (Å²) in [5.74, 6) is -0.632. The topological polar surface area (TPSA) is 26.3 Å². The summed E-state index contributed by atoms with van der Waals surface area (Å²) >= 11 is 11.4. The minimum atomic E-state index is -0.593. The summed E-state index contributed by atoms with van der Waals surface area (Å²) < 4.78 is 18.4. The molecule has 19 heavy (non-hydrogen) atoms. The van der Waals surface area contributed by atoms with Crippen LogP contribution in [0.15, 0.2) is 42.5 Å². The molecule has 2 aromatic rings. The molecule has 0 bridgehead atoms.